The summed E-state index contributed by atoms with van der Waals surface area (Å²) in [5.74, 6) is -1.68. The van der Waals surface area contributed by atoms with E-state index < -0.39 is 29.7 Å². The Balaban J connectivity index is 1.75. The number of benzene rings is 2. The Labute approximate surface area is 164 Å². The van der Waals surface area contributed by atoms with Crippen LogP contribution in [0.15, 0.2) is 48.5 Å². The van der Waals surface area contributed by atoms with Crippen LogP contribution in [-0.2, 0) is 16.1 Å². The van der Waals surface area contributed by atoms with Crippen LogP contribution in [0.3, 0.4) is 0 Å². The zero-order chi connectivity index (χ0) is 21.4. The van der Waals surface area contributed by atoms with Crippen LogP contribution in [0, 0.1) is 5.82 Å². The normalized spacial score (nSPS) is 11.2. The van der Waals surface area contributed by atoms with Crippen LogP contribution in [-0.4, -0.2) is 43.2 Å². The maximum absolute atomic E-state index is 13.5. The molecule has 0 unspecified atom stereocenters. The molecule has 0 aromatic heterocycles. The number of hydrogen-bond donors (Lipinski definition) is 2. The van der Waals surface area contributed by atoms with E-state index in [0.717, 1.165) is 12.1 Å². The van der Waals surface area contributed by atoms with E-state index in [1.165, 1.54) is 23.1 Å². The molecule has 0 heterocycles. The SMILES string of the molecule is CN(CC(=O)NCc1ccccc1F)CC(=O)Nc1ccc(OC(F)(F)F)cc1. The van der Waals surface area contributed by atoms with Crippen molar-refractivity contribution in [3.63, 3.8) is 0 Å². The molecule has 2 aromatic rings. The van der Waals surface area contributed by atoms with E-state index in [-0.39, 0.29) is 25.3 Å². The number of halogens is 4. The highest BCUT2D eigenvalue weighted by atomic mass is 19.4. The highest BCUT2D eigenvalue weighted by Crippen LogP contribution is 2.23. The van der Waals surface area contributed by atoms with Crippen molar-refractivity contribution in [2.24, 2.45) is 0 Å². The van der Waals surface area contributed by atoms with Crippen molar-refractivity contribution in [3.8, 4) is 5.75 Å². The molecule has 156 valence electrons. The van der Waals surface area contributed by atoms with E-state index in [1.54, 1.807) is 25.2 Å². The van der Waals surface area contributed by atoms with Crippen LogP contribution >= 0.6 is 0 Å². The number of carbonyl (C=O) groups excluding carboxylic acids is 2. The predicted molar refractivity (Wildman–Crippen MR) is 97.5 cm³/mol. The molecule has 0 atom stereocenters. The molecule has 2 aromatic carbocycles. The molecule has 0 saturated carbocycles. The molecule has 6 nitrogen and oxygen atoms in total. The van der Waals surface area contributed by atoms with Crippen molar-refractivity contribution in [3.05, 3.63) is 59.9 Å². The number of rotatable bonds is 8. The summed E-state index contributed by atoms with van der Waals surface area (Å²) < 4.78 is 53.6. The second-order valence-corrected chi connectivity index (χ2v) is 6.16. The lowest BCUT2D eigenvalue weighted by atomic mass is 10.2. The van der Waals surface area contributed by atoms with Gasteiger partial charge >= 0.3 is 6.36 Å². The summed E-state index contributed by atoms with van der Waals surface area (Å²) in [4.78, 5) is 25.4. The first kappa shape index (κ1) is 22.2. The molecule has 0 fully saturated rings. The average Bonchev–Trinajstić information content (AvgIpc) is 2.61. The van der Waals surface area contributed by atoms with Crippen LogP contribution in [0.1, 0.15) is 5.56 Å². The van der Waals surface area contributed by atoms with Gasteiger partial charge in [-0.1, -0.05) is 18.2 Å². The number of nitrogens with one attached hydrogen (secondary N) is 2. The van der Waals surface area contributed by atoms with E-state index in [2.05, 4.69) is 15.4 Å². The van der Waals surface area contributed by atoms with Gasteiger partial charge in [-0.15, -0.1) is 13.2 Å². The van der Waals surface area contributed by atoms with Gasteiger partial charge in [0.15, 0.2) is 0 Å². The molecule has 0 bridgehead atoms. The summed E-state index contributed by atoms with van der Waals surface area (Å²) >= 11 is 0. The van der Waals surface area contributed by atoms with Gasteiger partial charge in [0.2, 0.25) is 11.8 Å². The Hall–Kier alpha value is -3.14. The molecule has 29 heavy (non-hydrogen) atoms. The molecule has 2 rings (SSSR count). The van der Waals surface area contributed by atoms with E-state index in [4.69, 9.17) is 0 Å². The van der Waals surface area contributed by atoms with E-state index in [9.17, 15) is 27.2 Å². The maximum atomic E-state index is 13.5. The lowest BCUT2D eigenvalue weighted by Crippen LogP contribution is -2.38. The van der Waals surface area contributed by atoms with Gasteiger partial charge in [-0.05, 0) is 37.4 Å². The molecule has 10 heteroatoms. The zero-order valence-electron chi connectivity index (χ0n) is 15.4. The first-order valence-corrected chi connectivity index (χ1v) is 8.47. The molecule has 0 aliphatic rings. The first-order valence-electron chi connectivity index (χ1n) is 8.47. The minimum Gasteiger partial charge on any atom is -0.406 e. The Morgan fingerprint density at radius 1 is 1.00 bits per heavy atom. The van der Waals surface area contributed by atoms with Gasteiger partial charge in [0.05, 0.1) is 13.1 Å². The van der Waals surface area contributed by atoms with Gasteiger partial charge in [0.25, 0.3) is 0 Å². The monoisotopic (exact) mass is 413 g/mol. The van der Waals surface area contributed by atoms with E-state index in [0.29, 0.717) is 5.56 Å². The molecular formula is C19H19F4N3O3. The molecule has 0 aliphatic heterocycles. The summed E-state index contributed by atoms with van der Waals surface area (Å²) in [7, 11) is 1.54. The molecule has 0 aliphatic carbocycles. The topological polar surface area (TPSA) is 70.7 Å². The first-order chi connectivity index (χ1) is 13.6. The van der Waals surface area contributed by atoms with Crippen molar-refractivity contribution in [1.82, 2.24) is 10.2 Å². The molecule has 2 N–H and O–H groups in total. The second-order valence-electron chi connectivity index (χ2n) is 6.16. The van der Waals surface area contributed by atoms with E-state index >= 15 is 0 Å². The fraction of sp³-hybridized carbons (Fsp3) is 0.263. The lowest BCUT2D eigenvalue weighted by molar-refractivity contribution is -0.274. The lowest BCUT2D eigenvalue weighted by Gasteiger charge is -2.16. The van der Waals surface area contributed by atoms with Crippen LogP contribution in [0.5, 0.6) is 5.75 Å². The molecule has 0 radical (unpaired) electrons. The average molecular weight is 413 g/mol. The number of amides is 2. The minimum atomic E-state index is -4.79. The standard InChI is InChI=1S/C19H19F4N3O3/c1-26(11-17(27)24-10-13-4-2-3-5-16(13)20)12-18(28)25-14-6-8-15(9-7-14)29-19(21,22)23/h2-9H,10-12H2,1H3,(H,24,27)(H,25,28). The second kappa shape index (κ2) is 9.87. The third-order valence-electron chi connectivity index (χ3n) is 3.63. The Kier molecular flexibility index (Phi) is 7.54. The number of anilines is 1. The third kappa shape index (κ3) is 8.18. The Bertz CT molecular complexity index is 841. The molecular weight excluding hydrogens is 394 g/mol. The maximum Gasteiger partial charge on any atom is 0.573 e. The van der Waals surface area contributed by atoms with Crippen molar-refractivity contribution < 1.29 is 31.9 Å². The van der Waals surface area contributed by atoms with Crippen molar-refractivity contribution in [2.45, 2.75) is 12.9 Å². The summed E-state index contributed by atoms with van der Waals surface area (Å²) in [6, 6.07) is 10.7. The van der Waals surface area contributed by atoms with Crippen LogP contribution in [0.4, 0.5) is 23.2 Å². The van der Waals surface area contributed by atoms with Gasteiger partial charge in [0, 0.05) is 17.8 Å². The largest absolute Gasteiger partial charge is 0.573 e. The summed E-state index contributed by atoms with van der Waals surface area (Å²) in [6.07, 6.45) is -4.79. The minimum absolute atomic E-state index is 0.0257. The smallest absolute Gasteiger partial charge is 0.406 e. The van der Waals surface area contributed by atoms with Crippen molar-refractivity contribution in [1.29, 1.82) is 0 Å². The summed E-state index contributed by atoms with van der Waals surface area (Å²) in [5.41, 5.74) is 0.626. The number of nitrogens with zero attached hydrogens (tertiary/aromatic N) is 1. The van der Waals surface area contributed by atoms with Crippen molar-refractivity contribution in [2.75, 3.05) is 25.5 Å². The Morgan fingerprint density at radius 3 is 2.24 bits per heavy atom. The number of hydrogen-bond acceptors (Lipinski definition) is 4. The van der Waals surface area contributed by atoms with Gasteiger partial charge in [0.1, 0.15) is 11.6 Å². The highest BCUT2D eigenvalue weighted by Gasteiger charge is 2.30. The molecule has 2 amide bonds. The fourth-order valence-electron chi connectivity index (χ4n) is 2.38. The molecule has 0 spiro atoms. The van der Waals surface area contributed by atoms with Crippen LogP contribution in [0.25, 0.3) is 0 Å². The van der Waals surface area contributed by atoms with Gasteiger partial charge in [-0.2, -0.15) is 0 Å². The highest BCUT2D eigenvalue weighted by molar-refractivity contribution is 5.92. The fourth-order valence-corrected chi connectivity index (χ4v) is 2.38. The number of likely N-dealkylation sites (N-methyl/N-ethyl adjacent to an activating group) is 1. The van der Waals surface area contributed by atoms with Gasteiger partial charge in [-0.3, -0.25) is 14.5 Å². The number of carbonyl (C=O) groups is 2. The van der Waals surface area contributed by atoms with E-state index in [1.807, 2.05) is 0 Å². The van der Waals surface area contributed by atoms with Crippen LogP contribution < -0.4 is 15.4 Å². The predicted octanol–water partition coefficient (Wildman–Crippen LogP) is 2.91. The van der Waals surface area contributed by atoms with Crippen LogP contribution in [0.2, 0.25) is 0 Å². The number of ether oxygens (including phenoxy) is 1. The third-order valence-corrected chi connectivity index (χ3v) is 3.63. The molecule has 0 saturated heterocycles. The zero-order valence-corrected chi connectivity index (χ0v) is 15.4. The summed E-state index contributed by atoms with van der Waals surface area (Å²) in [6.45, 7) is -0.202. The summed E-state index contributed by atoms with van der Waals surface area (Å²) in [5, 5.41) is 5.06. The quantitative estimate of drug-likeness (QED) is 0.653. The Morgan fingerprint density at radius 2 is 1.62 bits per heavy atom. The van der Waals surface area contributed by atoms with Crippen molar-refractivity contribution >= 4 is 17.5 Å². The number of alkyl halides is 3. The van der Waals surface area contributed by atoms with Gasteiger partial charge < -0.3 is 15.4 Å². The van der Waals surface area contributed by atoms with Gasteiger partial charge in [-0.25, -0.2) is 4.39 Å².